The SMILES string of the molecule is CC(C)(C)OC(=O)N1CCC(F)(F)C(N)(CCO)C1CO[C@H]1CC[C@@H](c2ccccc2)CC1. The summed E-state index contributed by atoms with van der Waals surface area (Å²) in [6, 6.07) is 9.23. The molecule has 1 saturated heterocycles. The standard InChI is InChI=1S/C25H38F2N2O4/c1-23(2,3)33-22(31)29-15-13-25(26,27)24(28,14-16-30)21(29)17-32-20-11-9-19(10-12-20)18-7-5-4-6-8-18/h4-8,19-21,30H,9-17,28H2,1-3H3/t19-,20+,21?,24?. The lowest BCUT2D eigenvalue weighted by Crippen LogP contribution is -2.74. The lowest BCUT2D eigenvalue weighted by atomic mass is 9.76. The number of rotatable bonds is 6. The van der Waals surface area contributed by atoms with Gasteiger partial charge in [-0.15, -0.1) is 0 Å². The molecule has 1 aromatic rings. The number of amides is 1. The average molecular weight is 469 g/mol. The van der Waals surface area contributed by atoms with Crippen LogP contribution in [0.2, 0.25) is 0 Å². The zero-order valence-electron chi connectivity index (χ0n) is 19.9. The van der Waals surface area contributed by atoms with Crippen LogP contribution in [0.1, 0.15) is 70.8 Å². The minimum absolute atomic E-state index is 0.0839. The Labute approximate surface area is 195 Å². The highest BCUT2D eigenvalue weighted by Gasteiger charge is 2.61. The van der Waals surface area contributed by atoms with E-state index in [9.17, 15) is 18.7 Å². The normalized spacial score (nSPS) is 30.2. The van der Waals surface area contributed by atoms with Crippen molar-refractivity contribution in [1.29, 1.82) is 0 Å². The van der Waals surface area contributed by atoms with Gasteiger partial charge in [0.25, 0.3) is 5.92 Å². The molecule has 33 heavy (non-hydrogen) atoms. The van der Waals surface area contributed by atoms with E-state index in [1.807, 2.05) is 18.2 Å². The number of ether oxygens (including phenoxy) is 2. The zero-order chi connectivity index (χ0) is 24.3. The summed E-state index contributed by atoms with van der Waals surface area (Å²) in [6.45, 7) is 4.37. The van der Waals surface area contributed by atoms with Gasteiger partial charge in [0, 0.05) is 19.6 Å². The van der Waals surface area contributed by atoms with Gasteiger partial charge in [0.15, 0.2) is 0 Å². The van der Waals surface area contributed by atoms with E-state index in [0.29, 0.717) is 5.92 Å². The van der Waals surface area contributed by atoms with Crippen molar-refractivity contribution in [2.24, 2.45) is 5.73 Å². The molecule has 8 heteroatoms. The van der Waals surface area contributed by atoms with Gasteiger partial charge in [-0.05, 0) is 64.4 Å². The first-order valence-corrected chi connectivity index (χ1v) is 11.9. The molecule has 0 radical (unpaired) electrons. The molecular formula is C25H38F2N2O4. The Hall–Kier alpha value is -1.77. The number of likely N-dealkylation sites (tertiary alicyclic amines) is 1. The van der Waals surface area contributed by atoms with Crippen LogP contribution in [-0.4, -0.2) is 65.1 Å². The molecule has 3 rings (SSSR count). The summed E-state index contributed by atoms with van der Waals surface area (Å²) in [7, 11) is 0. The van der Waals surface area contributed by atoms with E-state index in [4.69, 9.17) is 15.2 Å². The number of hydrogen-bond acceptors (Lipinski definition) is 5. The zero-order valence-corrected chi connectivity index (χ0v) is 19.9. The van der Waals surface area contributed by atoms with Crippen molar-refractivity contribution in [1.82, 2.24) is 4.90 Å². The van der Waals surface area contributed by atoms with Gasteiger partial charge in [-0.2, -0.15) is 0 Å². The van der Waals surface area contributed by atoms with Crippen molar-refractivity contribution in [3.05, 3.63) is 35.9 Å². The van der Waals surface area contributed by atoms with Crippen molar-refractivity contribution in [2.75, 3.05) is 19.8 Å². The largest absolute Gasteiger partial charge is 0.444 e. The quantitative estimate of drug-likeness (QED) is 0.644. The molecule has 186 valence electrons. The van der Waals surface area contributed by atoms with Gasteiger partial charge in [0.05, 0.1) is 18.8 Å². The van der Waals surface area contributed by atoms with Gasteiger partial charge in [-0.1, -0.05) is 30.3 Å². The Kier molecular flexibility index (Phi) is 8.02. The number of benzene rings is 1. The molecule has 0 spiro atoms. The van der Waals surface area contributed by atoms with Crippen LogP contribution in [0.25, 0.3) is 0 Å². The molecule has 1 aromatic carbocycles. The number of alkyl halides is 2. The van der Waals surface area contributed by atoms with E-state index in [-0.39, 0.29) is 25.7 Å². The van der Waals surface area contributed by atoms with E-state index < -0.39 is 42.2 Å². The topological polar surface area (TPSA) is 85.0 Å². The molecule has 6 nitrogen and oxygen atoms in total. The number of hydrogen-bond donors (Lipinski definition) is 2. The maximum absolute atomic E-state index is 15.0. The third kappa shape index (κ3) is 6.03. The first-order chi connectivity index (χ1) is 15.5. The maximum Gasteiger partial charge on any atom is 0.410 e. The minimum atomic E-state index is -3.24. The van der Waals surface area contributed by atoms with Crippen LogP contribution in [0.4, 0.5) is 13.6 Å². The lowest BCUT2D eigenvalue weighted by Gasteiger charge is -2.51. The fourth-order valence-electron chi connectivity index (χ4n) is 5.00. The first-order valence-electron chi connectivity index (χ1n) is 11.9. The van der Waals surface area contributed by atoms with Crippen molar-refractivity contribution in [3.63, 3.8) is 0 Å². The molecule has 3 N–H and O–H groups in total. The van der Waals surface area contributed by atoms with Crippen LogP contribution in [0.3, 0.4) is 0 Å². The summed E-state index contributed by atoms with van der Waals surface area (Å²) < 4.78 is 41.6. The van der Waals surface area contributed by atoms with E-state index in [1.165, 1.54) is 10.5 Å². The van der Waals surface area contributed by atoms with Gasteiger partial charge in [-0.25, -0.2) is 13.6 Å². The summed E-state index contributed by atoms with van der Waals surface area (Å²) in [5, 5.41) is 9.51. The minimum Gasteiger partial charge on any atom is -0.444 e. The Balaban J connectivity index is 1.70. The predicted molar refractivity (Wildman–Crippen MR) is 122 cm³/mol. The second kappa shape index (κ2) is 10.2. The highest BCUT2D eigenvalue weighted by Crippen LogP contribution is 2.42. The number of halogens is 2. The van der Waals surface area contributed by atoms with Crippen molar-refractivity contribution in [2.45, 2.75) is 94.4 Å². The molecular weight excluding hydrogens is 430 g/mol. The highest BCUT2D eigenvalue weighted by atomic mass is 19.3. The number of nitrogens with two attached hydrogens (primary N) is 1. The number of carbonyl (C=O) groups excluding carboxylic acids is 1. The summed E-state index contributed by atoms with van der Waals surface area (Å²) in [5.74, 6) is -2.78. The molecule has 1 saturated carbocycles. The Morgan fingerprint density at radius 3 is 2.39 bits per heavy atom. The van der Waals surface area contributed by atoms with Gasteiger partial charge in [0.1, 0.15) is 11.1 Å². The summed E-state index contributed by atoms with van der Waals surface area (Å²) in [6.07, 6.45) is 1.84. The molecule has 1 heterocycles. The molecule has 1 aliphatic carbocycles. The molecule has 2 aliphatic rings. The van der Waals surface area contributed by atoms with Crippen LogP contribution in [0.15, 0.2) is 30.3 Å². The van der Waals surface area contributed by atoms with E-state index in [0.717, 1.165) is 25.7 Å². The van der Waals surface area contributed by atoms with Crippen LogP contribution < -0.4 is 5.73 Å². The molecule has 1 aliphatic heterocycles. The third-order valence-corrected chi connectivity index (χ3v) is 6.91. The van der Waals surface area contributed by atoms with E-state index >= 15 is 0 Å². The molecule has 2 unspecified atom stereocenters. The average Bonchev–Trinajstić information content (AvgIpc) is 2.75. The summed E-state index contributed by atoms with van der Waals surface area (Å²) >= 11 is 0. The number of aliphatic hydroxyl groups excluding tert-OH is 1. The second-order valence-corrected chi connectivity index (χ2v) is 10.4. The second-order valence-electron chi connectivity index (χ2n) is 10.4. The van der Waals surface area contributed by atoms with Crippen molar-refractivity contribution >= 4 is 6.09 Å². The third-order valence-electron chi connectivity index (χ3n) is 6.91. The number of aliphatic hydroxyl groups is 1. The van der Waals surface area contributed by atoms with Crippen molar-refractivity contribution in [3.8, 4) is 0 Å². The lowest BCUT2D eigenvalue weighted by molar-refractivity contribution is -0.165. The Bertz CT molecular complexity index is 778. The van der Waals surface area contributed by atoms with E-state index in [1.54, 1.807) is 20.8 Å². The van der Waals surface area contributed by atoms with Crippen LogP contribution in [0.5, 0.6) is 0 Å². The molecule has 1 amide bonds. The molecule has 0 aromatic heterocycles. The first kappa shape index (κ1) is 25.8. The van der Waals surface area contributed by atoms with Gasteiger partial charge >= 0.3 is 6.09 Å². The number of carbonyl (C=O) groups is 1. The number of piperidine rings is 1. The maximum atomic E-state index is 15.0. The Morgan fingerprint density at radius 1 is 1.18 bits per heavy atom. The highest BCUT2D eigenvalue weighted by molar-refractivity contribution is 5.69. The smallest absolute Gasteiger partial charge is 0.410 e. The summed E-state index contributed by atoms with van der Waals surface area (Å²) in [4.78, 5) is 14.1. The molecule has 0 bridgehead atoms. The number of nitrogens with zero attached hydrogens (tertiary/aromatic N) is 1. The molecule has 2 atom stereocenters. The van der Waals surface area contributed by atoms with Gasteiger partial charge in [0.2, 0.25) is 0 Å². The van der Waals surface area contributed by atoms with E-state index in [2.05, 4.69) is 12.1 Å². The van der Waals surface area contributed by atoms with Crippen molar-refractivity contribution < 1.29 is 28.2 Å². The fraction of sp³-hybridized carbons (Fsp3) is 0.720. The fourth-order valence-corrected chi connectivity index (χ4v) is 5.00. The van der Waals surface area contributed by atoms with Gasteiger partial charge in [-0.3, -0.25) is 0 Å². The van der Waals surface area contributed by atoms with Crippen LogP contribution in [0, 0.1) is 0 Å². The Morgan fingerprint density at radius 2 is 1.82 bits per heavy atom. The predicted octanol–water partition coefficient (Wildman–Crippen LogP) is 4.45. The van der Waals surface area contributed by atoms with Gasteiger partial charge < -0.3 is 25.2 Å². The van der Waals surface area contributed by atoms with Crippen LogP contribution in [-0.2, 0) is 9.47 Å². The monoisotopic (exact) mass is 468 g/mol. The van der Waals surface area contributed by atoms with Crippen LogP contribution >= 0.6 is 0 Å². The molecule has 2 fully saturated rings. The summed E-state index contributed by atoms with van der Waals surface area (Å²) in [5.41, 5.74) is 4.70.